The molecule has 62 valence electrons. The number of phenolic OH excluding ortho intramolecular Hbond substituents is 1. The first-order valence-electron chi connectivity index (χ1n) is 4.83. The average molecular weight is 178 g/mol. The lowest BCUT2D eigenvalue weighted by atomic mass is 10.1. The van der Waals surface area contributed by atoms with Crippen LogP contribution in [0.1, 0.15) is 11.0 Å². The second-order valence-electron chi connectivity index (χ2n) is 1.82. The highest BCUT2D eigenvalue weighted by atomic mass is 35.5. The summed E-state index contributed by atoms with van der Waals surface area (Å²) in [6.07, 6.45) is -2.33. The molecule has 0 aliphatic carbocycles. The van der Waals surface area contributed by atoms with Gasteiger partial charge in [0.1, 0.15) is 5.75 Å². The van der Waals surface area contributed by atoms with Gasteiger partial charge in [0.2, 0.25) is 0 Å². The first kappa shape index (κ1) is 5.01. The monoisotopic (exact) mass is 177 g/mol. The fourth-order valence-corrected chi connectivity index (χ4v) is 0.667. The van der Waals surface area contributed by atoms with Gasteiger partial charge < -0.3 is 10.8 Å². The van der Waals surface area contributed by atoms with Crippen LogP contribution in [-0.4, -0.2) is 11.6 Å². The molecule has 0 amide bonds. The standard InChI is InChI=1S/C8H11NO.ClH/c9-5-4-7-2-1-3-8(10)6-7;/h1-3,6,10H,4-5,9H2;1H/i4D2,5D2;. The number of aromatic hydroxyl groups is 1. The number of hydrogen-bond donors (Lipinski definition) is 2. The summed E-state index contributed by atoms with van der Waals surface area (Å²) in [5, 5.41) is 9.11. The molecule has 0 radical (unpaired) electrons. The van der Waals surface area contributed by atoms with E-state index in [0.29, 0.717) is 0 Å². The van der Waals surface area contributed by atoms with Crippen molar-refractivity contribution in [2.75, 3.05) is 6.50 Å². The third-order valence-corrected chi connectivity index (χ3v) is 1.06. The molecule has 2 nitrogen and oxygen atoms in total. The van der Waals surface area contributed by atoms with E-state index in [1.54, 1.807) is 0 Å². The summed E-state index contributed by atoms with van der Waals surface area (Å²) in [5.74, 6) is -0.115. The molecule has 11 heavy (non-hydrogen) atoms. The summed E-state index contributed by atoms with van der Waals surface area (Å²) in [6, 6.07) is 5.36. The minimum atomic E-state index is -2.49. The van der Waals surface area contributed by atoms with Crippen LogP contribution in [0.25, 0.3) is 0 Å². The minimum Gasteiger partial charge on any atom is -0.508 e. The molecule has 1 rings (SSSR count). The van der Waals surface area contributed by atoms with Crippen LogP contribution >= 0.6 is 12.4 Å². The fraction of sp³-hybridized carbons (Fsp3) is 0.250. The molecule has 3 heteroatoms. The van der Waals surface area contributed by atoms with Gasteiger partial charge in [0.25, 0.3) is 0 Å². The molecular formula is C8H12ClNO. The lowest BCUT2D eigenvalue weighted by Crippen LogP contribution is -2.01. The Morgan fingerprint density at radius 1 is 1.55 bits per heavy atom. The molecule has 0 unspecified atom stereocenters. The molecule has 0 spiro atoms. The number of rotatable bonds is 2. The molecule has 0 aliphatic rings. The first-order chi connectivity index (χ1) is 6.25. The Bertz CT molecular complexity index is 340. The van der Waals surface area contributed by atoms with E-state index in [1.807, 2.05) is 0 Å². The SMILES string of the molecule is Cl.[2H]C([2H])(N)C([2H])([2H])c1cccc(O)c1. The van der Waals surface area contributed by atoms with Crippen molar-refractivity contribution in [1.82, 2.24) is 0 Å². The molecule has 0 atom stereocenters. The topological polar surface area (TPSA) is 46.2 Å². The van der Waals surface area contributed by atoms with E-state index in [0.717, 1.165) is 6.07 Å². The molecule has 0 bridgehead atoms. The van der Waals surface area contributed by atoms with Crippen LogP contribution < -0.4 is 5.73 Å². The summed E-state index contributed by atoms with van der Waals surface area (Å²) in [4.78, 5) is 0. The van der Waals surface area contributed by atoms with Crippen molar-refractivity contribution in [2.45, 2.75) is 6.37 Å². The van der Waals surface area contributed by atoms with Crippen molar-refractivity contribution in [1.29, 1.82) is 0 Å². The van der Waals surface area contributed by atoms with Crippen molar-refractivity contribution in [3.05, 3.63) is 29.8 Å². The largest absolute Gasteiger partial charge is 0.508 e. The van der Waals surface area contributed by atoms with E-state index in [4.69, 9.17) is 16.3 Å². The van der Waals surface area contributed by atoms with Crippen LogP contribution in [0.4, 0.5) is 0 Å². The summed E-state index contributed by atoms with van der Waals surface area (Å²) >= 11 is 0. The predicted octanol–water partition coefficient (Wildman–Crippen LogP) is 1.32. The molecule has 0 saturated carbocycles. The van der Waals surface area contributed by atoms with Crippen molar-refractivity contribution < 1.29 is 10.6 Å². The number of halogens is 1. The number of benzene rings is 1. The van der Waals surface area contributed by atoms with E-state index in [-0.39, 0.29) is 23.7 Å². The van der Waals surface area contributed by atoms with Gasteiger partial charge in [-0.3, -0.25) is 0 Å². The van der Waals surface area contributed by atoms with Gasteiger partial charge in [0.15, 0.2) is 0 Å². The summed E-state index contributed by atoms with van der Waals surface area (Å²) in [5.41, 5.74) is 5.09. The molecule has 1 aromatic rings. The molecule has 0 aromatic heterocycles. The van der Waals surface area contributed by atoms with E-state index in [9.17, 15) is 0 Å². The molecular weight excluding hydrogens is 162 g/mol. The van der Waals surface area contributed by atoms with Gasteiger partial charge >= 0.3 is 0 Å². The lowest BCUT2D eigenvalue weighted by Gasteiger charge is -1.97. The molecule has 3 N–H and O–H groups in total. The van der Waals surface area contributed by atoms with Gasteiger partial charge in [-0.2, -0.15) is 0 Å². The van der Waals surface area contributed by atoms with Crippen LogP contribution in [-0.2, 0) is 6.37 Å². The zero-order valence-corrected chi connectivity index (χ0v) is 6.56. The normalized spacial score (nSPS) is 16.8. The maximum absolute atomic E-state index is 9.11. The Kier molecular flexibility index (Phi) is 2.27. The zero-order valence-electron chi connectivity index (χ0n) is 9.74. The number of hydrogen-bond acceptors (Lipinski definition) is 2. The fourth-order valence-electron chi connectivity index (χ4n) is 0.667. The van der Waals surface area contributed by atoms with Crippen molar-refractivity contribution in [3.63, 3.8) is 0 Å². The van der Waals surface area contributed by atoms with Gasteiger partial charge in [-0.1, -0.05) is 12.1 Å². The molecule has 0 fully saturated rings. The Morgan fingerprint density at radius 2 is 2.27 bits per heavy atom. The molecule has 0 saturated heterocycles. The van der Waals surface area contributed by atoms with Gasteiger partial charge in [0, 0.05) is 5.48 Å². The van der Waals surface area contributed by atoms with Crippen molar-refractivity contribution in [2.24, 2.45) is 5.73 Å². The van der Waals surface area contributed by atoms with Crippen molar-refractivity contribution >= 4 is 12.4 Å². The Hall–Kier alpha value is -0.730. The highest BCUT2D eigenvalue weighted by Gasteiger charge is 1.90. The number of phenols is 1. The van der Waals surface area contributed by atoms with Crippen LogP contribution in [0.5, 0.6) is 5.75 Å². The lowest BCUT2D eigenvalue weighted by molar-refractivity contribution is 0.474. The average Bonchev–Trinajstić information content (AvgIpc) is 2.02. The third kappa shape index (κ3) is 3.25. The summed E-state index contributed by atoms with van der Waals surface area (Å²) in [6.45, 7) is -2.49. The Labute approximate surface area is 78.1 Å². The van der Waals surface area contributed by atoms with E-state index < -0.39 is 12.9 Å². The number of nitrogens with two attached hydrogens (primary N) is 1. The molecule has 0 aliphatic heterocycles. The van der Waals surface area contributed by atoms with E-state index in [1.165, 1.54) is 18.2 Å². The second kappa shape index (κ2) is 4.99. The van der Waals surface area contributed by atoms with Crippen molar-refractivity contribution in [3.8, 4) is 5.75 Å². The Morgan fingerprint density at radius 3 is 2.82 bits per heavy atom. The van der Waals surface area contributed by atoms with Crippen LogP contribution in [0, 0.1) is 0 Å². The summed E-state index contributed by atoms with van der Waals surface area (Å²) < 4.78 is 29.2. The maximum Gasteiger partial charge on any atom is 0.115 e. The molecule has 0 heterocycles. The highest BCUT2D eigenvalue weighted by molar-refractivity contribution is 5.85. The highest BCUT2D eigenvalue weighted by Crippen LogP contribution is 2.10. The second-order valence-corrected chi connectivity index (χ2v) is 1.82. The van der Waals surface area contributed by atoms with Crippen LogP contribution in [0.2, 0.25) is 0 Å². The van der Waals surface area contributed by atoms with Gasteiger partial charge in [0.05, 0.1) is 0 Å². The molecule has 1 aromatic carbocycles. The third-order valence-electron chi connectivity index (χ3n) is 1.06. The Balaban J connectivity index is 0.00000196. The summed E-state index contributed by atoms with van der Waals surface area (Å²) in [7, 11) is 0. The first-order valence-corrected chi connectivity index (χ1v) is 2.83. The van der Waals surface area contributed by atoms with Crippen LogP contribution in [0.15, 0.2) is 24.3 Å². The van der Waals surface area contributed by atoms with E-state index >= 15 is 0 Å². The van der Waals surface area contributed by atoms with Gasteiger partial charge in [-0.05, 0) is 30.6 Å². The minimum absolute atomic E-state index is 0. The predicted molar refractivity (Wildman–Crippen MR) is 48.1 cm³/mol. The zero-order chi connectivity index (χ0) is 11.0. The maximum atomic E-state index is 9.11. The quantitative estimate of drug-likeness (QED) is 0.716. The van der Waals surface area contributed by atoms with Gasteiger partial charge in [-0.15, -0.1) is 12.4 Å². The van der Waals surface area contributed by atoms with Gasteiger partial charge in [-0.25, -0.2) is 0 Å². The van der Waals surface area contributed by atoms with E-state index in [2.05, 4.69) is 0 Å². The number of aryl methyl sites for hydroxylation is 1. The smallest absolute Gasteiger partial charge is 0.115 e. The van der Waals surface area contributed by atoms with Crippen LogP contribution in [0.3, 0.4) is 0 Å².